The predicted molar refractivity (Wildman–Crippen MR) is 118 cm³/mol. The van der Waals surface area contributed by atoms with Crippen molar-refractivity contribution in [1.29, 1.82) is 0 Å². The Hall–Kier alpha value is -3.29. The van der Waals surface area contributed by atoms with E-state index in [1.165, 1.54) is 12.1 Å². The van der Waals surface area contributed by atoms with Crippen LogP contribution < -0.4 is 9.80 Å². The Morgan fingerprint density at radius 3 is 2.52 bits per heavy atom. The summed E-state index contributed by atoms with van der Waals surface area (Å²) < 4.78 is 14.9. The van der Waals surface area contributed by atoms with Crippen LogP contribution in [-0.2, 0) is 24.2 Å². The summed E-state index contributed by atoms with van der Waals surface area (Å²) in [5, 5.41) is 4.41. The number of hydrogen-bond donors (Lipinski definition) is 0. The van der Waals surface area contributed by atoms with Gasteiger partial charge in [-0.3, -0.25) is 9.48 Å². The Labute approximate surface area is 181 Å². The lowest BCUT2D eigenvalue weighted by Crippen LogP contribution is -2.59. The van der Waals surface area contributed by atoms with E-state index in [-0.39, 0.29) is 11.7 Å². The number of anilines is 2. The molecule has 4 rings (SSSR count). The molecule has 1 amide bonds. The fourth-order valence-electron chi connectivity index (χ4n) is 3.90. The topological polar surface area (TPSA) is 67.2 Å². The first-order valence-electron chi connectivity index (χ1n) is 10.5. The molecule has 2 aromatic heterocycles. The van der Waals surface area contributed by atoms with Crippen molar-refractivity contribution in [1.82, 2.24) is 19.7 Å². The van der Waals surface area contributed by atoms with Gasteiger partial charge in [0, 0.05) is 26.7 Å². The van der Waals surface area contributed by atoms with Crippen molar-refractivity contribution in [3.8, 4) is 0 Å². The maximum atomic E-state index is 13.1. The van der Waals surface area contributed by atoms with Crippen LogP contribution in [0, 0.1) is 5.82 Å². The van der Waals surface area contributed by atoms with Crippen molar-refractivity contribution < 1.29 is 9.18 Å². The molecule has 8 heteroatoms. The van der Waals surface area contributed by atoms with Gasteiger partial charge in [-0.1, -0.05) is 19.1 Å². The summed E-state index contributed by atoms with van der Waals surface area (Å²) in [5.41, 5.74) is 2.20. The van der Waals surface area contributed by atoms with Crippen molar-refractivity contribution >= 4 is 17.4 Å². The van der Waals surface area contributed by atoms with Crippen LogP contribution in [0.4, 0.5) is 15.9 Å². The number of carbonyl (C=O) groups excluding carboxylic acids is 1. The molecule has 0 N–H and O–H groups in total. The molecule has 3 heterocycles. The fourth-order valence-corrected chi connectivity index (χ4v) is 3.90. The van der Waals surface area contributed by atoms with Crippen LogP contribution in [0.1, 0.15) is 37.2 Å². The minimum Gasteiger partial charge on any atom is -0.343 e. The monoisotopic (exact) mass is 422 g/mol. The van der Waals surface area contributed by atoms with Crippen molar-refractivity contribution in [2.24, 2.45) is 0 Å². The zero-order valence-electron chi connectivity index (χ0n) is 18.3. The van der Waals surface area contributed by atoms with Crippen molar-refractivity contribution in [2.45, 2.75) is 45.2 Å². The van der Waals surface area contributed by atoms with Crippen LogP contribution in [0.5, 0.6) is 0 Å². The highest BCUT2D eigenvalue weighted by Gasteiger charge is 2.44. The highest BCUT2D eigenvalue weighted by molar-refractivity contribution is 6.06. The number of carbonyl (C=O) groups is 1. The molecule has 1 aliphatic rings. The number of benzene rings is 1. The van der Waals surface area contributed by atoms with Crippen molar-refractivity contribution in [2.75, 3.05) is 23.9 Å². The molecule has 1 aliphatic heterocycles. The third-order valence-corrected chi connectivity index (χ3v) is 6.25. The molecule has 3 aromatic rings. The average molecular weight is 423 g/mol. The van der Waals surface area contributed by atoms with Gasteiger partial charge in [-0.25, -0.2) is 14.4 Å². The van der Waals surface area contributed by atoms with Gasteiger partial charge in [0.25, 0.3) is 5.91 Å². The quantitative estimate of drug-likeness (QED) is 0.610. The molecule has 31 heavy (non-hydrogen) atoms. The van der Waals surface area contributed by atoms with E-state index in [0.717, 1.165) is 34.9 Å². The second-order valence-electron chi connectivity index (χ2n) is 8.22. The van der Waals surface area contributed by atoms with Gasteiger partial charge in [0.1, 0.15) is 22.9 Å². The number of aryl methyl sites for hydroxylation is 2. The molecular weight excluding hydrogens is 395 g/mol. The van der Waals surface area contributed by atoms with Crippen LogP contribution >= 0.6 is 0 Å². The molecule has 0 aliphatic carbocycles. The normalized spacial score (nSPS) is 18.4. The maximum absolute atomic E-state index is 13.1. The summed E-state index contributed by atoms with van der Waals surface area (Å²) in [7, 11) is 3.70. The Balaban J connectivity index is 1.46. The number of nitrogens with zero attached hydrogens (tertiary/aromatic N) is 6. The van der Waals surface area contributed by atoms with Gasteiger partial charge < -0.3 is 9.80 Å². The SMILES string of the molecule is CC[C@@]1(C)C(=O)N(C)c2cnc(CCc3cnn(Cc4ccc(F)cc4)c3)nc2N1C. The first-order valence-corrected chi connectivity index (χ1v) is 10.5. The third kappa shape index (κ3) is 3.89. The molecule has 1 atom stereocenters. The zero-order chi connectivity index (χ0) is 22.2. The highest BCUT2D eigenvalue weighted by Crippen LogP contribution is 2.38. The highest BCUT2D eigenvalue weighted by atomic mass is 19.1. The van der Waals surface area contributed by atoms with E-state index in [9.17, 15) is 9.18 Å². The van der Waals surface area contributed by atoms with Crippen molar-refractivity contribution in [3.63, 3.8) is 0 Å². The fraction of sp³-hybridized carbons (Fsp3) is 0.391. The van der Waals surface area contributed by atoms with Crippen LogP contribution in [-0.4, -0.2) is 45.3 Å². The summed E-state index contributed by atoms with van der Waals surface area (Å²) in [4.78, 5) is 25.7. The van der Waals surface area contributed by atoms with Crippen LogP contribution in [0.3, 0.4) is 0 Å². The van der Waals surface area contributed by atoms with Crippen molar-refractivity contribution in [3.05, 3.63) is 65.6 Å². The van der Waals surface area contributed by atoms with E-state index in [0.29, 0.717) is 19.4 Å². The second kappa shape index (κ2) is 8.09. The molecule has 162 valence electrons. The molecule has 0 bridgehead atoms. The number of rotatable bonds is 6. The van der Waals surface area contributed by atoms with Crippen LogP contribution in [0.25, 0.3) is 0 Å². The van der Waals surface area contributed by atoms with Gasteiger partial charge in [0.15, 0.2) is 5.82 Å². The van der Waals surface area contributed by atoms with Gasteiger partial charge in [-0.15, -0.1) is 0 Å². The zero-order valence-corrected chi connectivity index (χ0v) is 18.3. The van der Waals surface area contributed by atoms with Gasteiger partial charge >= 0.3 is 0 Å². The Bertz CT molecular complexity index is 1100. The molecule has 0 saturated carbocycles. The lowest BCUT2D eigenvalue weighted by molar-refractivity contribution is -0.123. The van der Waals surface area contributed by atoms with Gasteiger partial charge in [-0.05, 0) is 43.0 Å². The summed E-state index contributed by atoms with van der Waals surface area (Å²) in [6.07, 6.45) is 7.69. The second-order valence-corrected chi connectivity index (χ2v) is 8.22. The number of amides is 1. The van der Waals surface area contributed by atoms with E-state index >= 15 is 0 Å². The third-order valence-electron chi connectivity index (χ3n) is 6.25. The van der Waals surface area contributed by atoms with E-state index in [1.54, 1.807) is 30.3 Å². The molecule has 0 spiro atoms. The first kappa shape index (κ1) is 21.0. The molecular formula is C23H27FN6O. The Morgan fingerprint density at radius 2 is 1.81 bits per heavy atom. The predicted octanol–water partition coefficient (Wildman–Crippen LogP) is 3.23. The van der Waals surface area contributed by atoms with Gasteiger partial charge in [0.05, 0.1) is 18.9 Å². The number of aromatic nitrogens is 4. The molecule has 1 aromatic carbocycles. The number of fused-ring (bicyclic) bond motifs is 1. The first-order chi connectivity index (χ1) is 14.8. The van der Waals surface area contributed by atoms with Gasteiger partial charge in [0.2, 0.25) is 0 Å². The number of hydrogen-bond acceptors (Lipinski definition) is 5. The lowest BCUT2D eigenvalue weighted by atomic mass is 9.92. The minimum atomic E-state index is -0.616. The number of halogens is 1. The molecule has 0 fully saturated rings. The average Bonchev–Trinajstić information content (AvgIpc) is 3.23. The van der Waals surface area contributed by atoms with E-state index < -0.39 is 5.54 Å². The van der Waals surface area contributed by atoms with Crippen LogP contribution in [0.2, 0.25) is 0 Å². The summed E-state index contributed by atoms with van der Waals surface area (Å²) in [6, 6.07) is 6.44. The van der Waals surface area contributed by atoms with E-state index in [2.05, 4.69) is 10.1 Å². The lowest BCUT2D eigenvalue weighted by Gasteiger charge is -2.45. The smallest absolute Gasteiger partial charge is 0.252 e. The summed E-state index contributed by atoms with van der Waals surface area (Å²) in [5.74, 6) is 1.33. The number of likely N-dealkylation sites (N-methyl/N-ethyl adjacent to an activating group) is 2. The molecule has 0 saturated heterocycles. The van der Waals surface area contributed by atoms with Crippen LogP contribution in [0.15, 0.2) is 42.9 Å². The summed E-state index contributed by atoms with van der Waals surface area (Å²) in [6.45, 7) is 4.56. The standard InChI is InChI=1S/C23H27FN6O/c1-5-23(2)22(31)28(3)19-13-25-20(27-21(19)29(23)4)11-8-17-12-26-30(15-17)14-16-6-9-18(24)10-7-16/h6-7,9-10,12-13,15H,5,8,11,14H2,1-4H3/t23-/m0/s1. The summed E-state index contributed by atoms with van der Waals surface area (Å²) >= 11 is 0. The Kier molecular flexibility index (Phi) is 5.47. The van der Waals surface area contributed by atoms with E-state index in [4.69, 9.17) is 4.98 Å². The van der Waals surface area contributed by atoms with Gasteiger partial charge in [-0.2, -0.15) is 5.10 Å². The minimum absolute atomic E-state index is 0.0509. The molecule has 0 unspecified atom stereocenters. The molecule has 7 nitrogen and oxygen atoms in total. The van der Waals surface area contributed by atoms with E-state index in [1.807, 2.05) is 42.9 Å². The molecule has 0 radical (unpaired) electrons. The Morgan fingerprint density at radius 1 is 1.06 bits per heavy atom. The maximum Gasteiger partial charge on any atom is 0.252 e. The largest absolute Gasteiger partial charge is 0.343 e.